The van der Waals surface area contributed by atoms with Crippen LogP contribution in [0.3, 0.4) is 0 Å². The van der Waals surface area contributed by atoms with E-state index in [2.05, 4.69) is 30.8 Å². The predicted molar refractivity (Wildman–Crippen MR) is 130 cm³/mol. The van der Waals surface area contributed by atoms with Gasteiger partial charge in [-0.1, -0.05) is 11.3 Å². The van der Waals surface area contributed by atoms with Crippen LogP contribution in [0.1, 0.15) is 30.7 Å². The van der Waals surface area contributed by atoms with Crippen LogP contribution in [0.15, 0.2) is 18.5 Å². The van der Waals surface area contributed by atoms with Crippen LogP contribution in [0.5, 0.6) is 11.5 Å². The highest BCUT2D eigenvalue weighted by atomic mass is 32.1. The van der Waals surface area contributed by atoms with E-state index in [0.29, 0.717) is 73.0 Å². The fourth-order valence-electron chi connectivity index (χ4n) is 4.17. The van der Waals surface area contributed by atoms with Crippen LogP contribution in [0.4, 0.5) is 24.1 Å². The van der Waals surface area contributed by atoms with Crippen molar-refractivity contribution in [1.29, 1.82) is 0 Å². The first-order valence-corrected chi connectivity index (χ1v) is 12.9. The van der Waals surface area contributed by atoms with Gasteiger partial charge in [0.2, 0.25) is 10.1 Å². The normalized spacial score (nSPS) is 19.2. The monoisotopic (exact) mass is 540 g/mol. The summed E-state index contributed by atoms with van der Waals surface area (Å²) in [5.74, 6) is 1.32. The molecule has 0 radical (unpaired) electrons. The molecule has 2 saturated heterocycles. The molecule has 1 atom stereocenters. The maximum atomic E-state index is 13.0. The number of hydrogen-bond acceptors (Lipinski definition) is 11. The van der Waals surface area contributed by atoms with Crippen molar-refractivity contribution >= 4 is 33.2 Å². The van der Waals surface area contributed by atoms with E-state index >= 15 is 0 Å². The molecule has 2 aliphatic rings. The Morgan fingerprint density at radius 3 is 2.76 bits per heavy atom. The molecule has 2 aromatic heterocycles. The van der Waals surface area contributed by atoms with Gasteiger partial charge in [-0.3, -0.25) is 0 Å². The zero-order chi connectivity index (χ0) is 25.7. The van der Waals surface area contributed by atoms with Gasteiger partial charge in [-0.25, -0.2) is 9.97 Å². The Hall–Kier alpha value is -2.81. The fraction of sp³-hybridized carbons (Fsp3) is 0.565. The molecule has 1 unspecified atom stereocenters. The lowest BCUT2D eigenvalue weighted by molar-refractivity contribution is -0.138. The lowest BCUT2D eigenvalue weighted by atomic mass is 10.1. The Kier molecular flexibility index (Phi) is 8.17. The van der Waals surface area contributed by atoms with Gasteiger partial charge in [0.15, 0.2) is 0 Å². The second kappa shape index (κ2) is 11.7. The predicted octanol–water partition coefficient (Wildman–Crippen LogP) is 3.95. The SMILES string of the molecule is FC(F)(F)c1nnc(Nc2ncnc3cc(OCCCC4CNCCO4)cc(OC4CCOCC4)c23)s1. The van der Waals surface area contributed by atoms with E-state index in [1.165, 1.54) is 6.33 Å². The first-order valence-electron chi connectivity index (χ1n) is 12.1. The summed E-state index contributed by atoms with van der Waals surface area (Å²) in [4.78, 5) is 8.62. The van der Waals surface area contributed by atoms with E-state index in [1.807, 2.05) is 0 Å². The number of nitrogens with one attached hydrogen (secondary N) is 2. The number of rotatable bonds is 9. The minimum absolute atomic E-state index is 0.0379. The highest BCUT2D eigenvalue weighted by molar-refractivity contribution is 7.15. The maximum Gasteiger partial charge on any atom is 0.445 e. The summed E-state index contributed by atoms with van der Waals surface area (Å²) in [6, 6.07) is 3.53. The summed E-state index contributed by atoms with van der Waals surface area (Å²) in [6.45, 7) is 4.09. The Morgan fingerprint density at radius 1 is 1.14 bits per heavy atom. The number of benzene rings is 1. The van der Waals surface area contributed by atoms with E-state index < -0.39 is 11.2 Å². The van der Waals surface area contributed by atoms with Gasteiger partial charge in [0.05, 0.1) is 43.4 Å². The standard InChI is InChI=1S/C23H27F3N6O4S/c24-23(25,26)21-31-32-22(37-21)30-20-19-17(28-13-29-20)10-16(11-18(19)36-14-3-7-33-8-4-14)34-6-1-2-15-12-27-5-9-35-15/h10-11,13-15,27H,1-9,12H2,(H,28,29,30,32). The van der Waals surface area contributed by atoms with Crippen molar-refractivity contribution in [3.8, 4) is 11.5 Å². The maximum absolute atomic E-state index is 13.0. The molecule has 2 aliphatic heterocycles. The summed E-state index contributed by atoms with van der Waals surface area (Å²) < 4.78 is 62.5. The van der Waals surface area contributed by atoms with Crippen LogP contribution in [-0.2, 0) is 15.7 Å². The number of nitrogens with zero attached hydrogens (tertiary/aromatic N) is 4. The number of alkyl halides is 3. The van der Waals surface area contributed by atoms with E-state index in [4.69, 9.17) is 18.9 Å². The molecular weight excluding hydrogens is 513 g/mol. The van der Waals surface area contributed by atoms with E-state index in [1.54, 1.807) is 12.1 Å². The van der Waals surface area contributed by atoms with Gasteiger partial charge in [0.25, 0.3) is 0 Å². The first kappa shape index (κ1) is 25.8. The van der Waals surface area contributed by atoms with Crippen LogP contribution in [0, 0.1) is 0 Å². The molecule has 0 aliphatic carbocycles. The largest absolute Gasteiger partial charge is 0.493 e. The summed E-state index contributed by atoms with van der Waals surface area (Å²) in [5, 5.41) is 12.5. The van der Waals surface area contributed by atoms with Crippen molar-refractivity contribution in [1.82, 2.24) is 25.5 Å². The van der Waals surface area contributed by atoms with Gasteiger partial charge in [-0.15, -0.1) is 10.2 Å². The van der Waals surface area contributed by atoms with Crippen LogP contribution in [-0.4, -0.2) is 71.9 Å². The topological polar surface area (TPSA) is 113 Å². The summed E-state index contributed by atoms with van der Waals surface area (Å²) in [7, 11) is 0. The van der Waals surface area contributed by atoms with E-state index in [0.717, 1.165) is 25.9 Å². The molecular formula is C23H27F3N6O4S. The Bertz CT molecular complexity index is 1180. The third-order valence-corrected chi connectivity index (χ3v) is 6.86. The number of morpholine rings is 1. The van der Waals surface area contributed by atoms with Gasteiger partial charge in [0.1, 0.15) is 29.7 Å². The lowest BCUT2D eigenvalue weighted by Crippen LogP contribution is -2.38. The third-order valence-electron chi connectivity index (χ3n) is 5.97. The average Bonchev–Trinajstić information content (AvgIpc) is 3.37. The fourth-order valence-corrected chi connectivity index (χ4v) is 4.78. The smallest absolute Gasteiger partial charge is 0.445 e. The Morgan fingerprint density at radius 2 is 2.00 bits per heavy atom. The second-order valence-electron chi connectivity index (χ2n) is 8.69. The molecule has 1 aromatic carbocycles. The minimum atomic E-state index is -4.57. The van der Waals surface area contributed by atoms with Gasteiger partial charge < -0.3 is 29.6 Å². The van der Waals surface area contributed by atoms with Crippen molar-refractivity contribution in [2.75, 3.05) is 44.8 Å². The molecule has 2 fully saturated rings. The zero-order valence-electron chi connectivity index (χ0n) is 19.9. The molecule has 4 heterocycles. The second-order valence-corrected chi connectivity index (χ2v) is 9.67. The molecule has 14 heteroatoms. The molecule has 0 spiro atoms. The van der Waals surface area contributed by atoms with Gasteiger partial charge in [-0.05, 0) is 12.8 Å². The highest BCUT2D eigenvalue weighted by Crippen LogP contribution is 2.38. The van der Waals surface area contributed by atoms with Gasteiger partial charge in [0, 0.05) is 38.1 Å². The number of anilines is 2. The molecule has 5 rings (SSSR count). The summed E-state index contributed by atoms with van der Waals surface area (Å²) in [5.41, 5.74) is 0.525. The van der Waals surface area contributed by atoms with E-state index in [-0.39, 0.29) is 23.2 Å². The van der Waals surface area contributed by atoms with Crippen LogP contribution in [0.25, 0.3) is 10.9 Å². The number of fused-ring (bicyclic) bond motifs is 1. The van der Waals surface area contributed by atoms with Crippen molar-refractivity contribution in [2.24, 2.45) is 0 Å². The molecule has 37 heavy (non-hydrogen) atoms. The van der Waals surface area contributed by atoms with Crippen LogP contribution < -0.4 is 20.1 Å². The van der Waals surface area contributed by atoms with Crippen molar-refractivity contribution < 1.29 is 32.1 Å². The Labute approximate surface area is 214 Å². The van der Waals surface area contributed by atoms with Crippen molar-refractivity contribution in [2.45, 2.75) is 44.1 Å². The molecule has 3 aromatic rings. The molecule has 0 saturated carbocycles. The molecule has 0 bridgehead atoms. The number of hydrogen-bond donors (Lipinski definition) is 2. The highest BCUT2D eigenvalue weighted by Gasteiger charge is 2.35. The number of aromatic nitrogens is 4. The van der Waals surface area contributed by atoms with E-state index in [9.17, 15) is 13.2 Å². The minimum Gasteiger partial charge on any atom is -0.493 e. The summed E-state index contributed by atoms with van der Waals surface area (Å²) in [6.07, 6.45) is -0.0382. The average molecular weight is 541 g/mol. The molecule has 10 nitrogen and oxygen atoms in total. The van der Waals surface area contributed by atoms with Crippen LogP contribution in [0.2, 0.25) is 0 Å². The number of halogens is 3. The van der Waals surface area contributed by atoms with Crippen molar-refractivity contribution in [3.05, 3.63) is 23.5 Å². The first-order chi connectivity index (χ1) is 18.0. The van der Waals surface area contributed by atoms with Gasteiger partial charge >= 0.3 is 6.18 Å². The third kappa shape index (κ3) is 6.74. The van der Waals surface area contributed by atoms with Gasteiger partial charge in [-0.2, -0.15) is 13.2 Å². The molecule has 2 N–H and O–H groups in total. The Balaban J connectivity index is 1.37. The molecule has 0 amide bonds. The molecule has 200 valence electrons. The quantitative estimate of drug-likeness (QED) is 0.387. The zero-order valence-corrected chi connectivity index (χ0v) is 20.7. The van der Waals surface area contributed by atoms with Crippen molar-refractivity contribution in [3.63, 3.8) is 0 Å². The number of ether oxygens (including phenoxy) is 4. The summed E-state index contributed by atoms with van der Waals surface area (Å²) >= 11 is 0.398. The van der Waals surface area contributed by atoms with Crippen LogP contribution >= 0.6 is 11.3 Å². The lowest BCUT2D eigenvalue weighted by Gasteiger charge is -2.25.